The van der Waals surface area contributed by atoms with Gasteiger partial charge < -0.3 is 9.47 Å². The van der Waals surface area contributed by atoms with Crippen molar-refractivity contribution in [2.45, 2.75) is 25.7 Å². The molecule has 0 saturated carbocycles. The molecule has 0 unspecified atom stereocenters. The molecule has 0 aliphatic carbocycles. The molecule has 3 heteroatoms. The molecule has 1 fully saturated rings. The molecule has 0 aromatic rings. The van der Waals surface area contributed by atoms with Gasteiger partial charge in [-0.1, -0.05) is 6.42 Å². The van der Waals surface area contributed by atoms with Crippen LogP contribution >= 0.6 is 0 Å². The Kier molecular flexibility index (Phi) is 3.83. The molecule has 1 heterocycles. The number of likely N-dealkylation sites (tertiary alicyclic amines) is 1. The zero-order valence-corrected chi connectivity index (χ0v) is 7.38. The summed E-state index contributed by atoms with van der Waals surface area (Å²) in [4.78, 5) is 2.23. The molecule has 1 aliphatic heterocycles. The number of hydrogen-bond acceptors (Lipinski definition) is 3. The Morgan fingerprint density at radius 1 is 1.00 bits per heavy atom. The number of methoxy groups -OCH3 is 2. The lowest BCUT2D eigenvalue weighted by atomic mass is 10.1. The van der Waals surface area contributed by atoms with Gasteiger partial charge in [-0.25, -0.2) is 0 Å². The van der Waals surface area contributed by atoms with Crippen molar-refractivity contribution in [3.63, 3.8) is 0 Å². The van der Waals surface area contributed by atoms with Crippen molar-refractivity contribution in [2.75, 3.05) is 27.3 Å². The maximum atomic E-state index is 5.14. The number of rotatable bonds is 3. The fraction of sp³-hybridized carbons (Fsp3) is 1.00. The van der Waals surface area contributed by atoms with Gasteiger partial charge in [0.25, 0.3) is 0 Å². The van der Waals surface area contributed by atoms with E-state index in [4.69, 9.17) is 9.47 Å². The van der Waals surface area contributed by atoms with Crippen LogP contribution in [-0.4, -0.2) is 38.6 Å². The van der Waals surface area contributed by atoms with E-state index < -0.39 is 0 Å². The summed E-state index contributed by atoms with van der Waals surface area (Å²) in [6.45, 7) is 2.21. The molecule has 0 atom stereocenters. The van der Waals surface area contributed by atoms with Gasteiger partial charge in [0.1, 0.15) is 0 Å². The molecular weight excluding hydrogens is 142 g/mol. The summed E-state index contributed by atoms with van der Waals surface area (Å²) in [5.74, 6) is 0. The first-order valence-corrected chi connectivity index (χ1v) is 4.18. The van der Waals surface area contributed by atoms with Crippen LogP contribution < -0.4 is 0 Å². The standard InChI is InChI=1S/C8H17NO2/c1-10-8(11-2)9-6-4-3-5-7-9/h8H,3-7H2,1-2H3. The highest BCUT2D eigenvalue weighted by molar-refractivity contribution is 4.63. The molecule has 0 amide bonds. The lowest BCUT2D eigenvalue weighted by Crippen LogP contribution is -2.41. The summed E-state index contributed by atoms with van der Waals surface area (Å²) in [5, 5.41) is 0. The average molecular weight is 159 g/mol. The minimum atomic E-state index is -0.129. The maximum absolute atomic E-state index is 5.14. The van der Waals surface area contributed by atoms with Crippen LogP contribution in [0.1, 0.15) is 19.3 Å². The normalized spacial score (nSPS) is 21.0. The van der Waals surface area contributed by atoms with E-state index in [-0.39, 0.29) is 6.41 Å². The molecule has 3 nitrogen and oxygen atoms in total. The SMILES string of the molecule is COC(OC)N1CCCCC1. The number of nitrogens with zero attached hydrogens (tertiary/aromatic N) is 1. The first kappa shape index (κ1) is 8.97. The van der Waals surface area contributed by atoms with Gasteiger partial charge in [0, 0.05) is 27.3 Å². The third-order valence-electron chi connectivity index (χ3n) is 2.09. The zero-order chi connectivity index (χ0) is 8.10. The van der Waals surface area contributed by atoms with E-state index in [1.165, 1.54) is 19.3 Å². The highest BCUT2D eigenvalue weighted by Gasteiger charge is 2.18. The van der Waals surface area contributed by atoms with Crippen LogP contribution in [0.4, 0.5) is 0 Å². The molecule has 0 aromatic heterocycles. The number of ether oxygens (including phenoxy) is 2. The molecular formula is C8H17NO2. The largest absolute Gasteiger partial charge is 0.343 e. The van der Waals surface area contributed by atoms with Crippen molar-refractivity contribution in [2.24, 2.45) is 0 Å². The van der Waals surface area contributed by atoms with E-state index in [1.807, 2.05) is 0 Å². The van der Waals surface area contributed by atoms with Gasteiger partial charge in [-0.15, -0.1) is 0 Å². The summed E-state index contributed by atoms with van der Waals surface area (Å²) in [5.41, 5.74) is 0. The molecule has 0 spiro atoms. The van der Waals surface area contributed by atoms with Crippen LogP contribution in [0.25, 0.3) is 0 Å². The molecule has 1 aliphatic rings. The van der Waals surface area contributed by atoms with Crippen molar-refractivity contribution in [1.29, 1.82) is 0 Å². The molecule has 11 heavy (non-hydrogen) atoms. The molecule has 1 saturated heterocycles. The van der Waals surface area contributed by atoms with E-state index in [0.717, 1.165) is 13.1 Å². The van der Waals surface area contributed by atoms with E-state index in [2.05, 4.69) is 4.90 Å². The molecule has 66 valence electrons. The van der Waals surface area contributed by atoms with E-state index in [1.54, 1.807) is 14.2 Å². The summed E-state index contributed by atoms with van der Waals surface area (Å²) < 4.78 is 10.3. The predicted octanol–water partition coefficient (Wildman–Crippen LogP) is 1.05. The molecule has 1 rings (SSSR count). The van der Waals surface area contributed by atoms with Crippen LogP contribution in [-0.2, 0) is 9.47 Å². The summed E-state index contributed by atoms with van der Waals surface area (Å²) in [6.07, 6.45) is 3.75. The van der Waals surface area contributed by atoms with Gasteiger partial charge in [-0.2, -0.15) is 0 Å². The third-order valence-corrected chi connectivity index (χ3v) is 2.09. The van der Waals surface area contributed by atoms with Gasteiger partial charge in [-0.05, 0) is 12.8 Å². The Balaban J connectivity index is 2.30. The second-order valence-corrected chi connectivity index (χ2v) is 2.88. The average Bonchev–Trinajstić information content (AvgIpc) is 2.09. The first-order valence-electron chi connectivity index (χ1n) is 4.18. The molecule has 0 radical (unpaired) electrons. The highest BCUT2D eigenvalue weighted by Crippen LogP contribution is 2.12. The minimum Gasteiger partial charge on any atom is -0.343 e. The quantitative estimate of drug-likeness (QED) is 0.574. The van der Waals surface area contributed by atoms with E-state index >= 15 is 0 Å². The Morgan fingerprint density at radius 2 is 1.55 bits per heavy atom. The molecule has 0 bridgehead atoms. The summed E-state index contributed by atoms with van der Waals surface area (Å²) in [6, 6.07) is 0. The van der Waals surface area contributed by atoms with Gasteiger partial charge in [0.15, 0.2) is 0 Å². The van der Waals surface area contributed by atoms with Crippen molar-refractivity contribution in [3.05, 3.63) is 0 Å². The number of piperidine rings is 1. The Hall–Kier alpha value is -0.120. The second-order valence-electron chi connectivity index (χ2n) is 2.88. The topological polar surface area (TPSA) is 21.7 Å². The van der Waals surface area contributed by atoms with E-state index in [0.29, 0.717) is 0 Å². The lowest BCUT2D eigenvalue weighted by Gasteiger charge is -2.31. The Bertz CT molecular complexity index is 98.3. The van der Waals surface area contributed by atoms with Crippen LogP contribution in [0.3, 0.4) is 0 Å². The van der Waals surface area contributed by atoms with Crippen molar-refractivity contribution in [1.82, 2.24) is 4.90 Å². The van der Waals surface area contributed by atoms with Crippen molar-refractivity contribution in [3.8, 4) is 0 Å². The molecule has 0 N–H and O–H groups in total. The zero-order valence-electron chi connectivity index (χ0n) is 7.38. The minimum absolute atomic E-state index is 0.129. The van der Waals surface area contributed by atoms with Gasteiger partial charge in [0.2, 0.25) is 6.41 Å². The van der Waals surface area contributed by atoms with Gasteiger partial charge >= 0.3 is 0 Å². The van der Waals surface area contributed by atoms with Crippen LogP contribution in [0.15, 0.2) is 0 Å². The van der Waals surface area contributed by atoms with Crippen LogP contribution in [0.5, 0.6) is 0 Å². The lowest BCUT2D eigenvalue weighted by molar-refractivity contribution is -0.199. The number of hydrogen-bond donors (Lipinski definition) is 0. The van der Waals surface area contributed by atoms with Crippen LogP contribution in [0.2, 0.25) is 0 Å². The third kappa shape index (κ3) is 2.43. The monoisotopic (exact) mass is 159 g/mol. The second kappa shape index (κ2) is 4.70. The fourth-order valence-corrected chi connectivity index (χ4v) is 1.52. The Morgan fingerprint density at radius 3 is 2.00 bits per heavy atom. The molecule has 0 aromatic carbocycles. The van der Waals surface area contributed by atoms with Crippen molar-refractivity contribution >= 4 is 0 Å². The van der Waals surface area contributed by atoms with Crippen LogP contribution in [0, 0.1) is 0 Å². The predicted molar refractivity (Wildman–Crippen MR) is 43.2 cm³/mol. The highest BCUT2D eigenvalue weighted by atomic mass is 16.7. The van der Waals surface area contributed by atoms with E-state index in [9.17, 15) is 0 Å². The smallest absolute Gasteiger partial charge is 0.218 e. The summed E-state index contributed by atoms with van der Waals surface area (Å²) >= 11 is 0. The van der Waals surface area contributed by atoms with Gasteiger partial charge in [-0.3, -0.25) is 4.90 Å². The summed E-state index contributed by atoms with van der Waals surface area (Å²) in [7, 11) is 3.37. The first-order chi connectivity index (χ1) is 5.38. The Labute approximate surface area is 68.3 Å². The maximum Gasteiger partial charge on any atom is 0.218 e. The fourth-order valence-electron chi connectivity index (χ4n) is 1.52. The van der Waals surface area contributed by atoms with Crippen molar-refractivity contribution < 1.29 is 9.47 Å². The van der Waals surface area contributed by atoms with Gasteiger partial charge in [0.05, 0.1) is 0 Å².